The van der Waals surface area contributed by atoms with Gasteiger partial charge in [-0.25, -0.2) is 4.39 Å². The van der Waals surface area contributed by atoms with Crippen molar-refractivity contribution in [3.8, 4) is 5.75 Å². The van der Waals surface area contributed by atoms with Crippen LogP contribution in [0, 0.1) is 12.7 Å². The molecule has 2 aromatic carbocycles. The minimum atomic E-state index is -0.440. The summed E-state index contributed by atoms with van der Waals surface area (Å²) in [6, 6.07) is 11.4. The van der Waals surface area contributed by atoms with Gasteiger partial charge < -0.3 is 15.8 Å². The van der Waals surface area contributed by atoms with E-state index in [-0.39, 0.29) is 24.7 Å². The first-order valence-electron chi connectivity index (χ1n) is 6.59. The van der Waals surface area contributed by atoms with E-state index in [1.807, 2.05) is 13.0 Å². The molecule has 0 unspecified atom stereocenters. The van der Waals surface area contributed by atoms with Crippen LogP contribution in [0.25, 0.3) is 0 Å². The molecule has 0 fully saturated rings. The molecule has 4 nitrogen and oxygen atoms in total. The lowest BCUT2D eigenvalue weighted by atomic mass is 10.2. The molecule has 3 N–H and O–H groups in total. The number of nitrogen functional groups attached to an aromatic ring is 1. The van der Waals surface area contributed by atoms with E-state index in [0.29, 0.717) is 11.4 Å². The molecular weight excluding hydrogens is 271 g/mol. The Morgan fingerprint density at radius 2 is 2.05 bits per heavy atom. The van der Waals surface area contributed by atoms with Crippen molar-refractivity contribution in [2.45, 2.75) is 13.3 Å². The number of nitrogens with one attached hydrogen (secondary N) is 1. The summed E-state index contributed by atoms with van der Waals surface area (Å²) in [6.07, 6.45) is 0.128. The van der Waals surface area contributed by atoms with Gasteiger partial charge >= 0.3 is 0 Å². The number of nitrogens with two attached hydrogens (primary N) is 1. The van der Waals surface area contributed by atoms with Crippen LogP contribution in [0.4, 0.5) is 15.8 Å². The van der Waals surface area contributed by atoms with Crippen LogP contribution in [-0.2, 0) is 4.79 Å². The molecule has 0 atom stereocenters. The quantitative estimate of drug-likeness (QED) is 0.831. The summed E-state index contributed by atoms with van der Waals surface area (Å²) in [4.78, 5) is 11.8. The van der Waals surface area contributed by atoms with Gasteiger partial charge in [-0.1, -0.05) is 18.2 Å². The number of para-hydroxylation sites is 1. The molecule has 0 bridgehead atoms. The first-order chi connectivity index (χ1) is 10.1. The molecule has 0 aliphatic heterocycles. The number of amides is 1. The maximum Gasteiger partial charge on any atom is 0.227 e. The van der Waals surface area contributed by atoms with Crippen molar-refractivity contribution < 1.29 is 13.9 Å². The normalized spacial score (nSPS) is 10.2. The topological polar surface area (TPSA) is 64.3 Å². The summed E-state index contributed by atoms with van der Waals surface area (Å²) in [7, 11) is 0. The standard InChI is InChI=1S/C16H17FN2O2/c1-11-6-7-12(18)10-14(11)19-16(20)8-9-21-15-5-3-2-4-13(15)17/h2-7,10H,8-9,18H2,1H3,(H,19,20). The van der Waals surface area contributed by atoms with Gasteiger partial charge in [0.25, 0.3) is 0 Å². The third-order valence-corrected chi connectivity index (χ3v) is 2.96. The highest BCUT2D eigenvalue weighted by molar-refractivity contribution is 5.92. The second-order valence-electron chi connectivity index (χ2n) is 4.65. The van der Waals surface area contributed by atoms with Crippen LogP contribution in [0.15, 0.2) is 42.5 Å². The maximum absolute atomic E-state index is 13.3. The zero-order valence-corrected chi connectivity index (χ0v) is 11.7. The van der Waals surface area contributed by atoms with Gasteiger partial charge in [0.05, 0.1) is 13.0 Å². The van der Waals surface area contributed by atoms with Crippen LogP contribution in [0.3, 0.4) is 0 Å². The number of rotatable bonds is 5. The zero-order chi connectivity index (χ0) is 15.2. The SMILES string of the molecule is Cc1ccc(N)cc1NC(=O)CCOc1ccccc1F. The highest BCUT2D eigenvalue weighted by Gasteiger charge is 2.07. The van der Waals surface area contributed by atoms with Crippen molar-refractivity contribution in [1.29, 1.82) is 0 Å². The van der Waals surface area contributed by atoms with E-state index in [0.717, 1.165) is 5.56 Å². The van der Waals surface area contributed by atoms with Crippen LogP contribution in [0.5, 0.6) is 5.75 Å². The molecule has 0 radical (unpaired) electrons. The number of halogens is 1. The predicted octanol–water partition coefficient (Wildman–Crippen LogP) is 3.12. The smallest absolute Gasteiger partial charge is 0.227 e. The Kier molecular flexibility index (Phi) is 4.77. The molecular formula is C16H17FN2O2. The number of benzene rings is 2. The Morgan fingerprint density at radius 3 is 2.81 bits per heavy atom. The summed E-state index contributed by atoms with van der Waals surface area (Å²) >= 11 is 0. The van der Waals surface area contributed by atoms with Crippen molar-refractivity contribution in [2.24, 2.45) is 0 Å². The zero-order valence-electron chi connectivity index (χ0n) is 11.7. The Morgan fingerprint density at radius 1 is 1.29 bits per heavy atom. The van der Waals surface area contributed by atoms with Gasteiger partial charge in [-0.3, -0.25) is 4.79 Å². The van der Waals surface area contributed by atoms with Gasteiger partial charge in [0.1, 0.15) is 0 Å². The second kappa shape index (κ2) is 6.74. The third-order valence-electron chi connectivity index (χ3n) is 2.96. The maximum atomic E-state index is 13.3. The Hall–Kier alpha value is -2.56. The number of anilines is 2. The van der Waals surface area contributed by atoms with Gasteiger partial charge in [0, 0.05) is 11.4 Å². The van der Waals surface area contributed by atoms with E-state index < -0.39 is 5.82 Å². The monoisotopic (exact) mass is 288 g/mol. The molecule has 2 rings (SSSR count). The molecule has 5 heteroatoms. The Balaban J connectivity index is 1.85. The minimum absolute atomic E-state index is 0.105. The van der Waals surface area contributed by atoms with E-state index in [9.17, 15) is 9.18 Å². The first kappa shape index (κ1) is 14.8. The summed E-state index contributed by atoms with van der Waals surface area (Å²) in [5.74, 6) is -0.505. The van der Waals surface area contributed by atoms with Gasteiger partial charge in [0.2, 0.25) is 5.91 Å². The number of aryl methyl sites for hydroxylation is 1. The van der Waals surface area contributed by atoms with Crippen LogP contribution in [0.2, 0.25) is 0 Å². The lowest BCUT2D eigenvalue weighted by molar-refractivity contribution is -0.116. The molecule has 2 aromatic rings. The highest BCUT2D eigenvalue weighted by Crippen LogP contribution is 2.19. The largest absolute Gasteiger partial charge is 0.490 e. The first-order valence-corrected chi connectivity index (χ1v) is 6.59. The lowest BCUT2D eigenvalue weighted by Gasteiger charge is -2.10. The number of carbonyl (C=O) groups is 1. The molecule has 1 amide bonds. The lowest BCUT2D eigenvalue weighted by Crippen LogP contribution is -2.16. The second-order valence-corrected chi connectivity index (χ2v) is 4.65. The molecule has 0 saturated heterocycles. The van der Waals surface area contributed by atoms with E-state index in [2.05, 4.69) is 5.32 Å². The fraction of sp³-hybridized carbons (Fsp3) is 0.188. The van der Waals surface area contributed by atoms with Crippen molar-refractivity contribution in [1.82, 2.24) is 0 Å². The number of carbonyl (C=O) groups excluding carboxylic acids is 1. The summed E-state index contributed by atoms with van der Waals surface area (Å²) in [5, 5.41) is 2.76. The van der Waals surface area contributed by atoms with Gasteiger partial charge in [-0.2, -0.15) is 0 Å². The summed E-state index contributed by atoms with van der Waals surface area (Å²) in [6.45, 7) is 1.99. The highest BCUT2D eigenvalue weighted by atomic mass is 19.1. The molecule has 0 aromatic heterocycles. The molecule has 0 aliphatic carbocycles. The van der Waals surface area contributed by atoms with Gasteiger partial charge in [-0.05, 0) is 36.8 Å². The average molecular weight is 288 g/mol. The molecule has 0 aliphatic rings. The average Bonchev–Trinajstić information content (AvgIpc) is 2.45. The molecule has 21 heavy (non-hydrogen) atoms. The molecule has 110 valence electrons. The van der Waals surface area contributed by atoms with E-state index in [4.69, 9.17) is 10.5 Å². The summed E-state index contributed by atoms with van der Waals surface area (Å²) < 4.78 is 18.6. The Bertz CT molecular complexity index is 644. The third kappa shape index (κ3) is 4.21. The van der Waals surface area contributed by atoms with E-state index in [1.165, 1.54) is 12.1 Å². The fourth-order valence-electron chi connectivity index (χ4n) is 1.80. The fourth-order valence-corrected chi connectivity index (χ4v) is 1.80. The van der Waals surface area contributed by atoms with Crippen LogP contribution < -0.4 is 15.8 Å². The van der Waals surface area contributed by atoms with Crippen molar-refractivity contribution in [2.75, 3.05) is 17.7 Å². The van der Waals surface area contributed by atoms with E-state index in [1.54, 1.807) is 24.3 Å². The molecule has 0 spiro atoms. The van der Waals surface area contributed by atoms with Gasteiger partial charge in [-0.15, -0.1) is 0 Å². The van der Waals surface area contributed by atoms with Crippen LogP contribution in [0.1, 0.15) is 12.0 Å². The number of hydrogen-bond acceptors (Lipinski definition) is 3. The number of ether oxygens (including phenoxy) is 1. The molecule has 0 saturated carbocycles. The van der Waals surface area contributed by atoms with Crippen LogP contribution >= 0.6 is 0 Å². The Labute approximate surface area is 122 Å². The molecule has 0 heterocycles. The van der Waals surface area contributed by atoms with E-state index >= 15 is 0 Å². The minimum Gasteiger partial charge on any atom is -0.490 e. The predicted molar refractivity (Wildman–Crippen MR) is 80.7 cm³/mol. The van der Waals surface area contributed by atoms with Crippen LogP contribution in [-0.4, -0.2) is 12.5 Å². The van der Waals surface area contributed by atoms with Crippen molar-refractivity contribution >= 4 is 17.3 Å². The summed E-state index contributed by atoms with van der Waals surface area (Å²) in [5.41, 5.74) is 7.86. The number of hydrogen-bond donors (Lipinski definition) is 2. The van der Waals surface area contributed by atoms with Crippen molar-refractivity contribution in [3.63, 3.8) is 0 Å². The van der Waals surface area contributed by atoms with Gasteiger partial charge in [0.15, 0.2) is 11.6 Å². The van der Waals surface area contributed by atoms with Crippen molar-refractivity contribution in [3.05, 3.63) is 53.8 Å².